The molecule has 0 radical (unpaired) electrons. The minimum atomic E-state index is -0.143. The summed E-state index contributed by atoms with van der Waals surface area (Å²) in [4.78, 5) is 24.2. The van der Waals surface area contributed by atoms with Crippen LogP contribution in [-0.4, -0.2) is 34.7 Å². The number of carbonyl (C=O) groups excluding carboxylic acids is 2. The average Bonchev–Trinajstić information content (AvgIpc) is 3.04. The first kappa shape index (κ1) is 17.2. The quantitative estimate of drug-likeness (QED) is 0.701. The number of aromatic nitrogens is 2. The van der Waals surface area contributed by atoms with Gasteiger partial charge < -0.3 is 16.0 Å². The van der Waals surface area contributed by atoms with Crippen molar-refractivity contribution in [2.24, 2.45) is 11.8 Å². The van der Waals surface area contributed by atoms with Gasteiger partial charge in [0.05, 0.1) is 0 Å². The van der Waals surface area contributed by atoms with Gasteiger partial charge in [-0.15, -0.1) is 0 Å². The largest absolute Gasteiger partial charge is 0.352 e. The van der Waals surface area contributed by atoms with Gasteiger partial charge in [-0.3, -0.25) is 14.3 Å². The Morgan fingerprint density at radius 1 is 1.36 bits per heavy atom. The number of nitrogens with one attached hydrogen (secondary N) is 3. The van der Waals surface area contributed by atoms with Crippen LogP contribution in [0.2, 0.25) is 0 Å². The maximum atomic E-state index is 12.2. The highest BCUT2D eigenvalue weighted by Gasteiger charge is 2.28. The van der Waals surface area contributed by atoms with Crippen LogP contribution in [0.25, 0.3) is 0 Å². The third kappa shape index (κ3) is 4.67. The number of nitrogens with zero attached hydrogens (tertiary/aromatic N) is 2. The van der Waals surface area contributed by atoms with Gasteiger partial charge in [0.1, 0.15) is 6.54 Å². The number of carbonyl (C=O) groups is 2. The Bertz CT molecular complexity index is 725. The molecule has 25 heavy (non-hydrogen) atoms. The Labute approximate surface area is 146 Å². The predicted molar refractivity (Wildman–Crippen MR) is 94.7 cm³/mol. The van der Waals surface area contributed by atoms with Crippen LogP contribution in [-0.2, 0) is 22.7 Å². The van der Waals surface area contributed by atoms with Crippen LogP contribution in [0, 0.1) is 11.8 Å². The van der Waals surface area contributed by atoms with Gasteiger partial charge in [0.15, 0.2) is 0 Å². The summed E-state index contributed by atoms with van der Waals surface area (Å²) in [6.07, 6.45) is 3.38. The molecule has 1 saturated heterocycles. The molecule has 1 atom stereocenters. The van der Waals surface area contributed by atoms with E-state index in [1.54, 1.807) is 23.1 Å². The zero-order valence-electron chi connectivity index (χ0n) is 14.2. The molecule has 3 rings (SSSR count). The lowest BCUT2D eigenvalue weighted by molar-refractivity contribution is -0.126. The Morgan fingerprint density at radius 2 is 2.20 bits per heavy atom. The lowest BCUT2D eigenvalue weighted by Gasteiger charge is -2.31. The summed E-state index contributed by atoms with van der Waals surface area (Å²) in [7, 11) is 0. The molecular formula is C18H23N5O2. The van der Waals surface area contributed by atoms with Crippen molar-refractivity contribution < 1.29 is 9.59 Å². The number of hydrogen-bond donors (Lipinski definition) is 3. The van der Waals surface area contributed by atoms with E-state index in [0.29, 0.717) is 18.2 Å². The molecule has 132 valence electrons. The van der Waals surface area contributed by atoms with Gasteiger partial charge in [-0.25, -0.2) is 0 Å². The Balaban J connectivity index is 1.50. The Morgan fingerprint density at radius 3 is 2.88 bits per heavy atom. The lowest BCUT2D eigenvalue weighted by atomic mass is 9.88. The maximum absolute atomic E-state index is 12.2. The molecule has 3 N–H and O–H groups in total. The average molecular weight is 341 g/mol. The highest BCUT2D eigenvalue weighted by atomic mass is 16.2. The van der Waals surface area contributed by atoms with E-state index in [0.717, 1.165) is 18.7 Å². The zero-order valence-corrected chi connectivity index (χ0v) is 14.2. The number of anilines is 1. The van der Waals surface area contributed by atoms with Crippen molar-refractivity contribution in [1.82, 2.24) is 20.4 Å². The van der Waals surface area contributed by atoms with E-state index in [1.807, 2.05) is 31.2 Å². The standard InChI is InChI=1S/C18H23N5O2/c1-13(15-10-19-11-15)18(25)20-9-14-4-2-5-16(8-14)22-17(24)12-23-7-3-6-21-23/h2-8,13,15,19H,9-12H2,1H3,(H,20,25)(H,22,24). The molecule has 2 aromatic rings. The van der Waals surface area contributed by atoms with E-state index >= 15 is 0 Å². The van der Waals surface area contributed by atoms with Crippen molar-refractivity contribution in [3.8, 4) is 0 Å². The normalized spacial score (nSPS) is 15.2. The molecule has 0 aliphatic carbocycles. The first-order chi connectivity index (χ1) is 12.1. The molecule has 0 bridgehead atoms. The summed E-state index contributed by atoms with van der Waals surface area (Å²) in [5.74, 6) is 0.363. The second kappa shape index (κ2) is 7.94. The first-order valence-corrected chi connectivity index (χ1v) is 8.46. The molecule has 1 aromatic heterocycles. The van der Waals surface area contributed by atoms with E-state index in [-0.39, 0.29) is 24.3 Å². The first-order valence-electron chi connectivity index (χ1n) is 8.46. The maximum Gasteiger partial charge on any atom is 0.246 e. The molecule has 0 spiro atoms. The molecule has 2 amide bonds. The van der Waals surface area contributed by atoms with Crippen LogP contribution in [0.15, 0.2) is 42.7 Å². The molecule has 1 fully saturated rings. The molecular weight excluding hydrogens is 318 g/mol. The number of hydrogen-bond acceptors (Lipinski definition) is 4. The van der Waals surface area contributed by atoms with Crippen molar-refractivity contribution >= 4 is 17.5 Å². The van der Waals surface area contributed by atoms with Crippen LogP contribution in [0.5, 0.6) is 0 Å². The fraction of sp³-hybridized carbons (Fsp3) is 0.389. The monoisotopic (exact) mass is 341 g/mol. The second-order valence-electron chi connectivity index (χ2n) is 6.38. The third-order valence-electron chi connectivity index (χ3n) is 4.48. The van der Waals surface area contributed by atoms with Gasteiger partial charge in [-0.2, -0.15) is 5.10 Å². The van der Waals surface area contributed by atoms with Gasteiger partial charge in [-0.1, -0.05) is 19.1 Å². The molecule has 7 heteroatoms. The van der Waals surface area contributed by atoms with Crippen LogP contribution < -0.4 is 16.0 Å². The van der Waals surface area contributed by atoms with Gasteiger partial charge in [-0.05, 0) is 42.8 Å². The summed E-state index contributed by atoms with van der Waals surface area (Å²) in [6.45, 7) is 4.40. The SMILES string of the molecule is CC(C(=O)NCc1cccc(NC(=O)Cn2cccn2)c1)C1CNC1. The van der Waals surface area contributed by atoms with Gasteiger partial charge in [0.2, 0.25) is 11.8 Å². The molecule has 1 aliphatic rings. The van der Waals surface area contributed by atoms with Gasteiger partial charge >= 0.3 is 0 Å². The number of benzene rings is 1. The highest BCUT2D eigenvalue weighted by Crippen LogP contribution is 2.16. The fourth-order valence-electron chi connectivity index (χ4n) is 2.73. The number of amides is 2. The Hall–Kier alpha value is -2.67. The van der Waals surface area contributed by atoms with Crippen LogP contribution in [0.1, 0.15) is 12.5 Å². The van der Waals surface area contributed by atoms with Gasteiger partial charge in [0.25, 0.3) is 0 Å². The smallest absolute Gasteiger partial charge is 0.246 e. The third-order valence-corrected chi connectivity index (χ3v) is 4.48. The van der Waals surface area contributed by atoms with Crippen molar-refractivity contribution in [3.63, 3.8) is 0 Å². The van der Waals surface area contributed by atoms with Crippen molar-refractivity contribution in [1.29, 1.82) is 0 Å². The summed E-state index contributed by atoms with van der Waals surface area (Å²) in [5.41, 5.74) is 1.66. The lowest BCUT2D eigenvalue weighted by Crippen LogP contribution is -2.49. The summed E-state index contributed by atoms with van der Waals surface area (Å²) >= 11 is 0. The summed E-state index contributed by atoms with van der Waals surface area (Å²) in [6, 6.07) is 9.27. The predicted octanol–water partition coefficient (Wildman–Crippen LogP) is 0.994. The summed E-state index contributed by atoms with van der Waals surface area (Å²) < 4.78 is 1.57. The van der Waals surface area contributed by atoms with Crippen LogP contribution in [0.4, 0.5) is 5.69 Å². The van der Waals surface area contributed by atoms with Crippen LogP contribution >= 0.6 is 0 Å². The van der Waals surface area contributed by atoms with E-state index in [2.05, 4.69) is 21.0 Å². The highest BCUT2D eigenvalue weighted by molar-refractivity contribution is 5.90. The van der Waals surface area contributed by atoms with E-state index in [4.69, 9.17) is 0 Å². The van der Waals surface area contributed by atoms with E-state index in [9.17, 15) is 9.59 Å². The van der Waals surface area contributed by atoms with Crippen molar-refractivity contribution in [2.45, 2.75) is 20.0 Å². The molecule has 1 aromatic carbocycles. The topological polar surface area (TPSA) is 88.1 Å². The molecule has 0 saturated carbocycles. The van der Waals surface area contributed by atoms with Crippen molar-refractivity contribution in [3.05, 3.63) is 48.3 Å². The molecule has 1 unspecified atom stereocenters. The zero-order chi connectivity index (χ0) is 17.6. The van der Waals surface area contributed by atoms with Crippen molar-refractivity contribution in [2.75, 3.05) is 18.4 Å². The van der Waals surface area contributed by atoms with E-state index in [1.165, 1.54) is 0 Å². The minimum Gasteiger partial charge on any atom is -0.352 e. The van der Waals surface area contributed by atoms with Gasteiger partial charge in [0, 0.05) is 30.5 Å². The number of rotatable bonds is 7. The molecule has 2 heterocycles. The fourth-order valence-corrected chi connectivity index (χ4v) is 2.73. The van der Waals surface area contributed by atoms with E-state index < -0.39 is 0 Å². The minimum absolute atomic E-state index is 0.0122. The van der Waals surface area contributed by atoms with Crippen LogP contribution in [0.3, 0.4) is 0 Å². The molecule has 1 aliphatic heterocycles. The second-order valence-corrected chi connectivity index (χ2v) is 6.38. The Kier molecular flexibility index (Phi) is 5.45. The molecule has 7 nitrogen and oxygen atoms in total. The summed E-state index contributed by atoms with van der Waals surface area (Å²) in [5, 5.41) is 13.0.